The van der Waals surface area contributed by atoms with E-state index in [-0.39, 0.29) is 0 Å². The number of alkyl halides is 2. The van der Waals surface area contributed by atoms with Crippen molar-refractivity contribution in [3.8, 4) is 0 Å². The van der Waals surface area contributed by atoms with Crippen molar-refractivity contribution in [3.63, 3.8) is 0 Å². The number of hydrogen-bond donors (Lipinski definition) is 0. The highest BCUT2D eigenvalue weighted by Crippen LogP contribution is 2.98. The van der Waals surface area contributed by atoms with E-state index >= 15 is 0 Å². The summed E-state index contributed by atoms with van der Waals surface area (Å²) < 4.78 is 1.14. The second kappa shape index (κ2) is 2.97. The highest BCUT2D eigenvalue weighted by atomic mass is 79.9. The van der Waals surface area contributed by atoms with Crippen LogP contribution in [-0.4, -0.2) is 8.65 Å². The second-order valence-corrected chi connectivity index (χ2v) is 13.6. The fourth-order valence-electron chi connectivity index (χ4n) is 12.2. The summed E-state index contributed by atoms with van der Waals surface area (Å²) in [6.45, 7) is 0. The zero-order valence-corrected chi connectivity index (χ0v) is 16.2. The molecule has 22 heavy (non-hydrogen) atoms. The maximum atomic E-state index is 4.62. The average Bonchev–Trinajstić information content (AvgIpc) is 3.23. The van der Waals surface area contributed by atoms with Gasteiger partial charge in [-0.3, -0.25) is 0 Å². The fourth-order valence-corrected chi connectivity index (χ4v) is 15.8. The van der Waals surface area contributed by atoms with Gasteiger partial charge in [0.05, 0.1) is 0 Å². The lowest BCUT2D eigenvalue weighted by Gasteiger charge is -2.72. The molecule has 10 saturated carbocycles. The van der Waals surface area contributed by atoms with E-state index in [1.807, 2.05) is 0 Å². The molecule has 2 spiro atoms. The minimum atomic E-state index is 0.559. The molecule has 0 aromatic rings. The first-order valence-electron chi connectivity index (χ1n) is 9.96. The van der Waals surface area contributed by atoms with Gasteiger partial charge in [0, 0.05) is 8.65 Å². The maximum Gasteiger partial charge on any atom is 0.0382 e. The first-order chi connectivity index (χ1) is 10.6. The van der Waals surface area contributed by atoms with Gasteiger partial charge in [-0.2, -0.15) is 0 Å². The van der Waals surface area contributed by atoms with Gasteiger partial charge in [-0.15, -0.1) is 0 Å². The highest BCUT2D eigenvalue weighted by Gasteiger charge is 2.95. The fraction of sp³-hybridized carbons (Fsp3) is 1.00. The molecule has 10 aliphatic rings. The van der Waals surface area contributed by atoms with Crippen LogP contribution in [0.15, 0.2) is 0 Å². The van der Waals surface area contributed by atoms with Crippen LogP contribution in [0.4, 0.5) is 0 Å². The summed E-state index contributed by atoms with van der Waals surface area (Å²) in [5, 5.41) is 0. The van der Waals surface area contributed by atoms with Gasteiger partial charge in [0.2, 0.25) is 0 Å². The van der Waals surface area contributed by atoms with E-state index in [0.717, 1.165) is 52.8 Å². The lowest BCUT2D eigenvalue weighted by molar-refractivity contribution is -0.162. The zero-order chi connectivity index (χ0) is 14.3. The van der Waals surface area contributed by atoms with E-state index in [1.54, 1.807) is 51.4 Å². The maximum absolute atomic E-state index is 4.62. The van der Waals surface area contributed by atoms with Crippen LogP contribution in [0, 0.1) is 58.2 Å². The van der Waals surface area contributed by atoms with Gasteiger partial charge in [0.1, 0.15) is 0 Å². The van der Waals surface area contributed by atoms with Gasteiger partial charge in [0.15, 0.2) is 0 Å². The Morgan fingerprint density at radius 2 is 1.14 bits per heavy atom. The van der Waals surface area contributed by atoms with E-state index in [2.05, 4.69) is 31.9 Å². The van der Waals surface area contributed by atoms with Crippen molar-refractivity contribution in [2.45, 2.75) is 60.0 Å². The Bertz CT molecular complexity index is 612. The van der Waals surface area contributed by atoms with Gasteiger partial charge in [0.25, 0.3) is 0 Å². The van der Waals surface area contributed by atoms with Gasteiger partial charge >= 0.3 is 0 Å². The minimum Gasteiger partial charge on any atom is -0.0847 e. The van der Waals surface area contributed by atoms with Crippen molar-refractivity contribution in [1.82, 2.24) is 0 Å². The molecule has 2 heteroatoms. The molecule has 0 aliphatic heterocycles. The van der Waals surface area contributed by atoms with Gasteiger partial charge in [-0.05, 0) is 110 Å². The van der Waals surface area contributed by atoms with Crippen molar-refractivity contribution < 1.29 is 0 Å². The van der Waals surface area contributed by atoms with Crippen LogP contribution in [0.5, 0.6) is 0 Å². The Morgan fingerprint density at radius 1 is 0.636 bits per heavy atom. The Balaban J connectivity index is 1.55. The van der Waals surface area contributed by atoms with E-state index in [9.17, 15) is 0 Å². The predicted octanol–water partition coefficient (Wildman–Crippen LogP) is 5.39. The summed E-state index contributed by atoms with van der Waals surface area (Å²) in [4.78, 5) is 0. The molecule has 0 aromatic carbocycles. The Hall–Kier alpha value is 0.960. The van der Waals surface area contributed by atoms with Crippen LogP contribution in [0.1, 0.15) is 51.4 Å². The summed E-state index contributed by atoms with van der Waals surface area (Å²) in [6.07, 6.45) is 12.7. The van der Waals surface area contributed by atoms with Crippen LogP contribution in [0.2, 0.25) is 0 Å². The molecule has 0 radical (unpaired) electrons. The van der Waals surface area contributed by atoms with Crippen molar-refractivity contribution >= 4 is 31.9 Å². The van der Waals surface area contributed by atoms with Gasteiger partial charge in [-0.1, -0.05) is 31.9 Å². The molecule has 0 aromatic heterocycles. The van der Waals surface area contributed by atoms with Gasteiger partial charge < -0.3 is 0 Å². The first-order valence-corrected chi connectivity index (χ1v) is 11.5. The molecular weight excluding hydrogens is 400 g/mol. The third-order valence-electron chi connectivity index (χ3n) is 11.5. The first kappa shape index (κ1) is 12.3. The molecule has 0 nitrogen and oxygen atoms in total. The smallest absolute Gasteiger partial charge is 0.0382 e. The van der Waals surface area contributed by atoms with Crippen LogP contribution in [-0.2, 0) is 0 Å². The third-order valence-corrected chi connectivity index (χ3v) is 14.7. The molecule has 10 aliphatic carbocycles. The van der Waals surface area contributed by atoms with Crippen LogP contribution >= 0.6 is 31.9 Å². The molecule has 10 rings (SSSR count). The Kier molecular flexibility index (Phi) is 1.67. The quantitative estimate of drug-likeness (QED) is 0.458. The molecular formula is C20H24Br2. The van der Waals surface area contributed by atoms with Crippen LogP contribution in [0.3, 0.4) is 0 Å². The molecule has 0 N–H and O–H groups in total. The largest absolute Gasteiger partial charge is 0.0847 e. The predicted molar refractivity (Wildman–Crippen MR) is 93.0 cm³/mol. The SMILES string of the molecule is BrC12CC3CC4(CC3C1)C1(Br)C3CCC1C1C3C3CCC1C324. The second-order valence-electron chi connectivity index (χ2n) is 10.8. The third kappa shape index (κ3) is 0.744. The normalized spacial score (nSPS) is 83.2. The zero-order valence-electron chi connectivity index (χ0n) is 13.0. The van der Waals surface area contributed by atoms with Gasteiger partial charge in [-0.25, -0.2) is 0 Å². The van der Waals surface area contributed by atoms with Crippen LogP contribution in [0.25, 0.3) is 0 Å². The summed E-state index contributed by atoms with van der Waals surface area (Å²) >= 11 is 9.14. The molecule has 0 heterocycles. The molecule has 0 amide bonds. The molecule has 0 saturated heterocycles. The Morgan fingerprint density at radius 3 is 1.68 bits per heavy atom. The Labute approximate surface area is 149 Å². The van der Waals surface area contributed by atoms with E-state index < -0.39 is 0 Å². The number of rotatable bonds is 0. The molecule has 118 valence electrons. The van der Waals surface area contributed by atoms with E-state index in [0.29, 0.717) is 14.1 Å². The topological polar surface area (TPSA) is 0 Å². The minimum absolute atomic E-state index is 0.559. The standard InChI is InChI=1S/C20H24Br2/c21-18-7-9-5-17(6-10(9)8-18)19(18)11-1-2-12(19)16-14-4-3-13(15(11)16)20(14,17)22/h9-16H,1-8H2. The highest BCUT2D eigenvalue weighted by molar-refractivity contribution is 9.10. The lowest BCUT2D eigenvalue weighted by atomic mass is 9.37. The van der Waals surface area contributed by atoms with Crippen LogP contribution < -0.4 is 0 Å². The monoisotopic (exact) mass is 422 g/mol. The lowest BCUT2D eigenvalue weighted by Crippen LogP contribution is -2.72. The van der Waals surface area contributed by atoms with E-state index in [1.165, 1.54) is 0 Å². The summed E-state index contributed by atoms with van der Waals surface area (Å²) in [5.41, 5.74) is 1.43. The molecule has 8 atom stereocenters. The van der Waals surface area contributed by atoms with Crippen molar-refractivity contribution in [1.29, 1.82) is 0 Å². The average molecular weight is 424 g/mol. The molecule has 12 bridgehead atoms. The number of hydrogen-bond acceptors (Lipinski definition) is 0. The summed E-state index contributed by atoms with van der Waals surface area (Å²) in [5.74, 6) is 8.78. The van der Waals surface area contributed by atoms with E-state index in [4.69, 9.17) is 0 Å². The van der Waals surface area contributed by atoms with Crippen molar-refractivity contribution in [3.05, 3.63) is 0 Å². The molecule has 8 unspecified atom stereocenters. The summed E-state index contributed by atoms with van der Waals surface area (Å²) in [6, 6.07) is 0. The number of halogens is 2. The molecule has 10 fully saturated rings. The summed E-state index contributed by atoms with van der Waals surface area (Å²) in [7, 11) is 0. The van der Waals surface area contributed by atoms with Crippen molar-refractivity contribution in [2.75, 3.05) is 0 Å². The van der Waals surface area contributed by atoms with Crippen molar-refractivity contribution in [2.24, 2.45) is 58.2 Å².